The van der Waals surface area contributed by atoms with Crippen LogP contribution in [0, 0.1) is 27.6 Å². The standard InChI is InChI=1S/C46H42O3/c1-27-23-25-31(29(3)41(27)33-15-13-19-37-43(33)47-38-20-11-9-17-35(38)45(37,5)6)32-26-24-28(2)42(30(32)4)34-16-14-22-40-44(34)48-39-21-12-10-18-36(39)46(7,8)49-40/h9-26H,1-8H3/i3D3,5D3. The van der Waals surface area contributed by atoms with Gasteiger partial charge in [0.1, 0.15) is 22.8 Å². The molecule has 49 heavy (non-hydrogen) atoms. The van der Waals surface area contributed by atoms with Crippen molar-refractivity contribution in [1.82, 2.24) is 0 Å². The summed E-state index contributed by atoms with van der Waals surface area (Å²) < 4.78 is 73.2. The maximum Gasteiger partial charge on any atom is 0.177 e. The number of para-hydroxylation sites is 4. The van der Waals surface area contributed by atoms with Crippen LogP contribution < -0.4 is 14.2 Å². The highest BCUT2D eigenvalue weighted by Crippen LogP contribution is 2.53. The summed E-state index contributed by atoms with van der Waals surface area (Å²) in [5.74, 6) is 2.70. The number of aryl methyl sites for hydroxylation is 2. The van der Waals surface area contributed by atoms with Crippen LogP contribution >= 0.6 is 0 Å². The molecule has 0 saturated carbocycles. The summed E-state index contributed by atoms with van der Waals surface area (Å²) in [6.45, 7) is 6.72. The number of hydrogen-bond acceptors (Lipinski definition) is 3. The smallest absolute Gasteiger partial charge is 0.177 e. The number of rotatable bonds is 3. The third-order valence-corrected chi connectivity index (χ3v) is 10.2. The van der Waals surface area contributed by atoms with Crippen LogP contribution in [0.25, 0.3) is 33.4 Å². The fourth-order valence-corrected chi connectivity index (χ4v) is 7.68. The molecule has 0 saturated heterocycles. The van der Waals surface area contributed by atoms with E-state index in [-0.39, 0.29) is 5.56 Å². The Hall–Kier alpha value is -5.28. The summed E-state index contributed by atoms with van der Waals surface area (Å²) >= 11 is 0. The monoisotopic (exact) mass is 648 g/mol. The molecule has 1 unspecified atom stereocenters. The summed E-state index contributed by atoms with van der Waals surface area (Å²) in [6, 6.07) is 34.2. The second kappa shape index (κ2) is 11.1. The van der Waals surface area contributed by atoms with Crippen molar-refractivity contribution in [2.75, 3.05) is 0 Å². The predicted octanol–water partition coefficient (Wildman–Crippen LogP) is 12.8. The van der Waals surface area contributed by atoms with E-state index in [0.717, 1.165) is 38.9 Å². The molecule has 6 aromatic carbocycles. The lowest BCUT2D eigenvalue weighted by Crippen LogP contribution is -2.24. The van der Waals surface area contributed by atoms with Crippen LogP contribution in [0.4, 0.5) is 0 Å². The number of benzene rings is 6. The Bertz CT molecular complexity index is 2530. The van der Waals surface area contributed by atoms with Gasteiger partial charge in [-0.2, -0.15) is 0 Å². The number of ether oxygens (including phenoxy) is 3. The molecule has 0 N–H and O–H groups in total. The third-order valence-electron chi connectivity index (χ3n) is 10.2. The van der Waals surface area contributed by atoms with Crippen molar-refractivity contribution in [3.8, 4) is 62.1 Å². The quantitative estimate of drug-likeness (QED) is 0.191. The molecule has 0 amide bonds. The molecule has 2 aliphatic heterocycles. The highest BCUT2D eigenvalue weighted by molar-refractivity contribution is 5.89. The Morgan fingerprint density at radius 3 is 1.71 bits per heavy atom. The zero-order valence-electron chi connectivity index (χ0n) is 34.6. The fourth-order valence-electron chi connectivity index (χ4n) is 7.68. The maximum atomic E-state index is 9.04. The van der Waals surface area contributed by atoms with Crippen molar-refractivity contribution < 1.29 is 22.4 Å². The van der Waals surface area contributed by atoms with E-state index in [2.05, 4.69) is 0 Å². The molecule has 8 rings (SSSR count). The third kappa shape index (κ3) is 4.78. The van der Waals surface area contributed by atoms with Gasteiger partial charge in [0.2, 0.25) is 0 Å². The van der Waals surface area contributed by atoms with Crippen molar-refractivity contribution in [3.05, 3.63) is 148 Å². The van der Waals surface area contributed by atoms with Gasteiger partial charge in [-0.1, -0.05) is 105 Å². The van der Waals surface area contributed by atoms with Crippen LogP contribution in [0.2, 0.25) is 0 Å². The van der Waals surface area contributed by atoms with E-state index in [1.165, 1.54) is 0 Å². The Morgan fingerprint density at radius 1 is 0.490 bits per heavy atom. The lowest BCUT2D eigenvalue weighted by Gasteiger charge is -2.35. The summed E-state index contributed by atoms with van der Waals surface area (Å²) in [6.07, 6.45) is 0. The molecule has 2 aliphatic rings. The van der Waals surface area contributed by atoms with E-state index in [1.807, 2.05) is 120 Å². The molecule has 0 aromatic heterocycles. The second-order valence-electron chi connectivity index (χ2n) is 13.9. The molecule has 3 heteroatoms. The van der Waals surface area contributed by atoms with Crippen molar-refractivity contribution >= 4 is 0 Å². The van der Waals surface area contributed by atoms with E-state index in [9.17, 15) is 0 Å². The summed E-state index contributed by atoms with van der Waals surface area (Å²) in [4.78, 5) is 0. The minimum Gasteiger partial charge on any atom is -0.479 e. The Morgan fingerprint density at radius 2 is 1.02 bits per heavy atom. The second-order valence-corrected chi connectivity index (χ2v) is 13.9. The molecular weight excluding hydrogens is 601 g/mol. The highest BCUT2D eigenvalue weighted by atomic mass is 16.5. The van der Waals surface area contributed by atoms with Crippen molar-refractivity contribution in [2.45, 2.75) is 66.3 Å². The molecule has 2 heterocycles. The molecule has 0 spiro atoms. The fraction of sp³-hybridized carbons (Fsp3) is 0.217. The Labute approximate surface area is 298 Å². The highest BCUT2D eigenvalue weighted by Gasteiger charge is 2.36. The molecule has 6 aromatic rings. The van der Waals surface area contributed by atoms with Crippen LogP contribution in [-0.4, -0.2) is 0 Å². The van der Waals surface area contributed by atoms with Gasteiger partial charge in [-0.25, -0.2) is 0 Å². The van der Waals surface area contributed by atoms with Crippen molar-refractivity contribution in [2.24, 2.45) is 0 Å². The van der Waals surface area contributed by atoms with Gasteiger partial charge >= 0.3 is 0 Å². The van der Waals surface area contributed by atoms with Crippen molar-refractivity contribution in [1.29, 1.82) is 0 Å². The summed E-state index contributed by atoms with van der Waals surface area (Å²) in [7, 11) is 0. The molecule has 0 radical (unpaired) electrons. The minimum absolute atomic E-state index is 0.166. The first-order valence-corrected chi connectivity index (χ1v) is 16.7. The van der Waals surface area contributed by atoms with Crippen LogP contribution in [0.3, 0.4) is 0 Å². The molecule has 244 valence electrons. The first-order chi connectivity index (χ1) is 25.9. The lowest BCUT2D eigenvalue weighted by atomic mass is 9.74. The van der Waals surface area contributed by atoms with Gasteiger partial charge in [0.05, 0.1) is 0 Å². The van der Waals surface area contributed by atoms with Crippen LogP contribution in [0.1, 0.15) is 74.8 Å². The van der Waals surface area contributed by atoms with Gasteiger partial charge < -0.3 is 14.2 Å². The van der Waals surface area contributed by atoms with Gasteiger partial charge in [0, 0.05) is 41.5 Å². The van der Waals surface area contributed by atoms with E-state index in [0.29, 0.717) is 56.6 Å². The van der Waals surface area contributed by atoms with Crippen LogP contribution in [0.5, 0.6) is 28.7 Å². The van der Waals surface area contributed by atoms with Gasteiger partial charge in [-0.15, -0.1) is 0 Å². The van der Waals surface area contributed by atoms with Crippen LogP contribution in [0.15, 0.2) is 109 Å². The predicted molar refractivity (Wildman–Crippen MR) is 201 cm³/mol. The van der Waals surface area contributed by atoms with Crippen molar-refractivity contribution in [3.63, 3.8) is 0 Å². The summed E-state index contributed by atoms with van der Waals surface area (Å²) in [5, 5.41) is 0. The topological polar surface area (TPSA) is 27.7 Å². The van der Waals surface area contributed by atoms with Gasteiger partial charge in [0.25, 0.3) is 0 Å². The first kappa shape index (κ1) is 24.8. The molecule has 0 aliphatic carbocycles. The maximum absolute atomic E-state index is 9.04. The zero-order valence-corrected chi connectivity index (χ0v) is 28.6. The SMILES string of the molecule is [2H]C([2H])([2H])c1c(-c2ccc(C)c(-c3cccc4c3Oc3ccccc3C(C)(C)O4)c2C)ccc(C)c1-c1cccc2c1Oc1ccccc1C2(C)C([2H])([2H])[2H]. The Balaban J connectivity index is 1.36. The minimum atomic E-state index is -2.56. The molecule has 0 fully saturated rings. The normalized spacial score (nSPS) is 19.2. The van der Waals surface area contributed by atoms with Gasteiger partial charge in [-0.3, -0.25) is 0 Å². The molecule has 1 atom stereocenters. The average Bonchev–Trinajstić information content (AvgIpc) is 3.24. The zero-order chi connectivity index (χ0) is 39.2. The van der Waals surface area contributed by atoms with E-state index in [1.54, 1.807) is 31.2 Å². The van der Waals surface area contributed by atoms with E-state index >= 15 is 0 Å². The van der Waals surface area contributed by atoms with Crippen LogP contribution in [-0.2, 0) is 11.0 Å². The van der Waals surface area contributed by atoms with Gasteiger partial charge in [-0.05, 0) is 104 Å². The van der Waals surface area contributed by atoms with E-state index < -0.39 is 24.7 Å². The average molecular weight is 649 g/mol. The largest absolute Gasteiger partial charge is 0.479 e. The number of fused-ring (bicyclic) bond motifs is 4. The lowest BCUT2D eigenvalue weighted by molar-refractivity contribution is 0.111. The van der Waals surface area contributed by atoms with Gasteiger partial charge in [0.15, 0.2) is 11.5 Å². The first-order valence-electron chi connectivity index (χ1n) is 19.7. The van der Waals surface area contributed by atoms with E-state index in [4.69, 9.17) is 22.4 Å². The molecule has 0 bridgehead atoms. The number of hydrogen-bond donors (Lipinski definition) is 0. The Kier molecular flexibility index (Phi) is 5.64. The summed E-state index contributed by atoms with van der Waals surface area (Å²) in [5.41, 5.74) is 6.76. The molecule has 3 nitrogen and oxygen atoms in total. The molecular formula is C46H42O3.